The molecule has 7 nitrogen and oxygen atoms in total. The number of carbonyl (C=O) groups is 2. The molecule has 0 saturated carbocycles. The maximum atomic E-state index is 12.6. The van der Waals surface area contributed by atoms with Crippen molar-refractivity contribution >= 4 is 39.9 Å². The van der Waals surface area contributed by atoms with Gasteiger partial charge in [-0.25, -0.2) is 9.97 Å². The molecule has 0 atom stereocenters. The van der Waals surface area contributed by atoms with Crippen LogP contribution in [0.25, 0.3) is 10.9 Å². The Morgan fingerprint density at radius 1 is 1.12 bits per heavy atom. The summed E-state index contributed by atoms with van der Waals surface area (Å²) >= 11 is 0. The molecule has 0 fully saturated rings. The molecule has 130 valence electrons. The highest BCUT2D eigenvalue weighted by Crippen LogP contribution is 2.26. The van der Waals surface area contributed by atoms with Crippen molar-refractivity contribution in [2.24, 2.45) is 0 Å². The van der Waals surface area contributed by atoms with E-state index in [1.807, 2.05) is 12.1 Å². The van der Waals surface area contributed by atoms with Crippen LogP contribution in [-0.4, -0.2) is 21.8 Å². The average Bonchev–Trinajstić information content (AvgIpc) is 2.81. The summed E-state index contributed by atoms with van der Waals surface area (Å²) in [6.45, 7) is 0. The van der Waals surface area contributed by atoms with Gasteiger partial charge in [-0.3, -0.25) is 9.59 Å². The van der Waals surface area contributed by atoms with Gasteiger partial charge in [-0.15, -0.1) is 0 Å². The number of anilines is 3. The number of carbonyl (C=O) groups excluding carboxylic acids is 2. The number of nitrogens with two attached hydrogens (primary N) is 1. The molecule has 4 rings (SSSR count). The minimum atomic E-state index is -0.260. The number of rotatable bonds is 2. The lowest BCUT2D eigenvalue weighted by Crippen LogP contribution is -2.13. The third-order valence-electron chi connectivity index (χ3n) is 4.42. The summed E-state index contributed by atoms with van der Waals surface area (Å²) in [5.41, 5.74) is 9.34. The minimum Gasteiger partial charge on any atom is -0.383 e. The van der Waals surface area contributed by atoms with E-state index >= 15 is 0 Å². The Hall–Kier alpha value is -3.48. The fourth-order valence-corrected chi connectivity index (χ4v) is 3.06. The molecule has 4 N–H and O–H groups in total. The summed E-state index contributed by atoms with van der Waals surface area (Å²) in [5, 5.41) is 6.45. The number of nitrogen functional groups attached to an aromatic ring is 1. The predicted octanol–water partition coefficient (Wildman–Crippen LogP) is 2.74. The van der Waals surface area contributed by atoms with E-state index in [4.69, 9.17) is 5.73 Å². The topological polar surface area (TPSA) is 110 Å². The molecule has 0 radical (unpaired) electrons. The van der Waals surface area contributed by atoms with Crippen molar-refractivity contribution in [3.8, 4) is 0 Å². The van der Waals surface area contributed by atoms with Gasteiger partial charge in [0.1, 0.15) is 12.1 Å². The van der Waals surface area contributed by atoms with E-state index in [0.29, 0.717) is 34.4 Å². The van der Waals surface area contributed by atoms with Gasteiger partial charge in [0, 0.05) is 28.7 Å². The highest BCUT2D eigenvalue weighted by molar-refractivity contribution is 6.07. The van der Waals surface area contributed by atoms with E-state index in [9.17, 15) is 9.59 Å². The third kappa shape index (κ3) is 3.06. The first-order valence-corrected chi connectivity index (χ1v) is 8.34. The van der Waals surface area contributed by atoms with Crippen molar-refractivity contribution in [1.29, 1.82) is 0 Å². The van der Waals surface area contributed by atoms with E-state index in [-0.39, 0.29) is 11.8 Å². The Morgan fingerprint density at radius 3 is 2.88 bits per heavy atom. The molecule has 0 aliphatic carbocycles. The van der Waals surface area contributed by atoms with Crippen LogP contribution in [0.3, 0.4) is 0 Å². The molecule has 0 unspecified atom stereocenters. The van der Waals surface area contributed by atoms with Crippen molar-refractivity contribution in [2.75, 3.05) is 16.4 Å². The molecule has 0 spiro atoms. The van der Waals surface area contributed by atoms with E-state index in [1.54, 1.807) is 24.3 Å². The molecule has 2 amide bonds. The molecule has 1 aliphatic heterocycles. The molecular weight excluding hydrogens is 330 g/mol. The van der Waals surface area contributed by atoms with E-state index in [2.05, 4.69) is 20.6 Å². The zero-order chi connectivity index (χ0) is 18.1. The second-order valence-corrected chi connectivity index (χ2v) is 6.22. The Morgan fingerprint density at radius 2 is 2.00 bits per heavy atom. The number of benzene rings is 2. The van der Waals surface area contributed by atoms with Crippen LogP contribution in [0, 0.1) is 0 Å². The third-order valence-corrected chi connectivity index (χ3v) is 4.42. The van der Waals surface area contributed by atoms with E-state index in [0.717, 1.165) is 24.1 Å². The molecule has 2 aromatic carbocycles. The maximum absolute atomic E-state index is 12.6. The van der Waals surface area contributed by atoms with Gasteiger partial charge in [0.2, 0.25) is 5.91 Å². The van der Waals surface area contributed by atoms with Gasteiger partial charge in [0.15, 0.2) is 0 Å². The Bertz CT molecular complexity index is 1030. The van der Waals surface area contributed by atoms with Gasteiger partial charge in [0.25, 0.3) is 5.91 Å². The molecule has 0 saturated heterocycles. The molecule has 3 aromatic rings. The molecular formula is C19H17N5O2. The van der Waals surface area contributed by atoms with Crippen LogP contribution in [0.15, 0.2) is 42.7 Å². The van der Waals surface area contributed by atoms with Crippen LogP contribution in [0.2, 0.25) is 0 Å². The Balaban J connectivity index is 1.59. The predicted molar refractivity (Wildman–Crippen MR) is 99.9 cm³/mol. The molecule has 7 heteroatoms. The van der Waals surface area contributed by atoms with E-state index in [1.165, 1.54) is 6.33 Å². The lowest BCUT2D eigenvalue weighted by molar-refractivity contribution is -0.116. The number of hydrogen-bond acceptors (Lipinski definition) is 5. The largest absolute Gasteiger partial charge is 0.383 e. The highest BCUT2D eigenvalue weighted by atomic mass is 16.2. The summed E-state index contributed by atoms with van der Waals surface area (Å²) in [5.74, 6) is 0.117. The number of fused-ring (bicyclic) bond motifs is 2. The number of nitrogens with zero attached hydrogens (tertiary/aromatic N) is 2. The van der Waals surface area contributed by atoms with Gasteiger partial charge in [-0.1, -0.05) is 6.07 Å². The van der Waals surface area contributed by atoms with Crippen LogP contribution >= 0.6 is 0 Å². The Labute approximate surface area is 149 Å². The van der Waals surface area contributed by atoms with Gasteiger partial charge in [0.05, 0.1) is 5.52 Å². The summed E-state index contributed by atoms with van der Waals surface area (Å²) < 4.78 is 0. The second kappa shape index (κ2) is 6.44. The minimum absolute atomic E-state index is 0.000900. The first-order chi connectivity index (χ1) is 12.6. The smallest absolute Gasteiger partial charge is 0.255 e. The normalized spacial score (nSPS) is 13.6. The number of hydrogen-bond donors (Lipinski definition) is 3. The first kappa shape index (κ1) is 16.0. The molecule has 2 heterocycles. The van der Waals surface area contributed by atoms with Crippen molar-refractivity contribution in [3.63, 3.8) is 0 Å². The lowest BCUT2D eigenvalue weighted by Gasteiger charge is -2.11. The monoisotopic (exact) mass is 347 g/mol. The molecule has 1 aromatic heterocycles. The summed E-state index contributed by atoms with van der Waals surface area (Å²) in [7, 11) is 0. The summed E-state index contributed by atoms with van der Waals surface area (Å²) in [4.78, 5) is 32.4. The van der Waals surface area contributed by atoms with Gasteiger partial charge < -0.3 is 16.4 Å². The SMILES string of the molecule is Nc1ncnc2cc(C(=O)Nc3ccc4c(c3)NC(=O)CCC4)ccc12. The van der Waals surface area contributed by atoms with Gasteiger partial charge >= 0.3 is 0 Å². The molecule has 1 aliphatic rings. The van der Waals surface area contributed by atoms with Crippen molar-refractivity contribution in [2.45, 2.75) is 19.3 Å². The quantitative estimate of drug-likeness (QED) is 0.660. The van der Waals surface area contributed by atoms with Gasteiger partial charge in [-0.05, 0) is 48.7 Å². The zero-order valence-corrected chi connectivity index (χ0v) is 14.0. The van der Waals surface area contributed by atoms with Crippen molar-refractivity contribution < 1.29 is 9.59 Å². The van der Waals surface area contributed by atoms with Gasteiger partial charge in [-0.2, -0.15) is 0 Å². The van der Waals surface area contributed by atoms with Crippen LogP contribution in [0.4, 0.5) is 17.2 Å². The summed E-state index contributed by atoms with van der Waals surface area (Å²) in [6.07, 6.45) is 3.55. The lowest BCUT2D eigenvalue weighted by atomic mass is 10.1. The van der Waals surface area contributed by atoms with Crippen LogP contribution < -0.4 is 16.4 Å². The van der Waals surface area contributed by atoms with E-state index < -0.39 is 0 Å². The fraction of sp³-hybridized carbons (Fsp3) is 0.158. The number of nitrogens with one attached hydrogen (secondary N) is 2. The van der Waals surface area contributed by atoms with Crippen LogP contribution in [0.1, 0.15) is 28.8 Å². The van der Waals surface area contributed by atoms with Crippen molar-refractivity contribution in [1.82, 2.24) is 9.97 Å². The number of amides is 2. The van der Waals surface area contributed by atoms with Crippen LogP contribution in [0.5, 0.6) is 0 Å². The molecule has 26 heavy (non-hydrogen) atoms. The molecule has 0 bridgehead atoms. The number of aromatic nitrogens is 2. The van der Waals surface area contributed by atoms with Crippen molar-refractivity contribution in [3.05, 3.63) is 53.9 Å². The summed E-state index contributed by atoms with van der Waals surface area (Å²) in [6, 6.07) is 10.7. The zero-order valence-electron chi connectivity index (χ0n) is 14.0. The Kier molecular flexibility index (Phi) is 3.96. The fourth-order valence-electron chi connectivity index (χ4n) is 3.06. The number of aryl methyl sites for hydroxylation is 1. The maximum Gasteiger partial charge on any atom is 0.255 e. The first-order valence-electron chi connectivity index (χ1n) is 8.34. The van der Waals surface area contributed by atoms with Crippen LogP contribution in [-0.2, 0) is 11.2 Å². The highest BCUT2D eigenvalue weighted by Gasteiger charge is 2.14. The average molecular weight is 347 g/mol. The standard InChI is InChI=1S/C19H17N5O2/c20-18-14-7-5-12(8-16(14)21-10-22-18)19(26)23-13-6-4-11-2-1-3-17(25)24-15(11)9-13/h4-10H,1-3H2,(H,23,26)(H,24,25)(H2,20,21,22). The second-order valence-electron chi connectivity index (χ2n) is 6.22.